The fraction of sp³-hybridized carbons (Fsp3) is 0.462. The van der Waals surface area contributed by atoms with Crippen molar-refractivity contribution in [3.05, 3.63) is 46.9 Å². The molecule has 0 unspecified atom stereocenters. The molecule has 0 radical (unpaired) electrons. The minimum Gasteiger partial charge on any atom is -0.468 e. The standard InChI is InChI=1S/C26H31N5O6S/c1-14(2)23(21-10-22(30-37-21)36-8-7-32)26(35)31-12-18(33)9-20(31)25(34)29-15(3)17-5-6-19(27-11-17)24-16(4)28-13-38-24/h5-7,10-11,13-15,18,20,23,33H,8-9,12H2,1-4H3,(H,29,34)/t15-,18+,20-,23+/m0/s1. The lowest BCUT2D eigenvalue weighted by atomic mass is 9.91. The van der Waals surface area contributed by atoms with E-state index in [2.05, 4.69) is 20.4 Å². The molecule has 0 aromatic carbocycles. The van der Waals surface area contributed by atoms with Crippen LogP contribution in [0.5, 0.6) is 5.88 Å². The van der Waals surface area contributed by atoms with Gasteiger partial charge in [-0.15, -0.1) is 11.3 Å². The van der Waals surface area contributed by atoms with E-state index in [0.29, 0.717) is 6.29 Å². The zero-order chi connectivity index (χ0) is 27.4. The van der Waals surface area contributed by atoms with Crippen LogP contribution in [0.1, 0.15) is 56.2 Å². The summed E-state index contributed by atoms with van der Waals surface area (Å²) in [7, 11) is 0. The van der Waals surface area contributed by atoms with Gasteiger partial charge in [0.2, 0.25) is 11.8 Å². The van der Waals surface area contributed by atoms with Crippen LogP contribution in [-0.2, 0) is 14.4 Å². The second-order valence-corrected chi connectivity index (χ2v) is 10.5. The van der Waals surface area contributed by atoms with Crippen molar-refractivity contribution in [3.63, 3.8) is 0 Å². The van der Waals surface area contributed by atoms with Gasteiger partial charge in [-0.1, -0.05) is 19.9 Å². The number of aldehydes is 1. The third-order valence-corrected chi connectivity index (χ3v) is 7.48. The molecule has 0 bridgehead atoms. The summed E-state index contributed by atoms with van der Waals surface area (Å²) in [4.78, 5) is 48.7. The molecular weight excluding hydrogens is 510 g/mol. The molecule has 1 aliphatic heterocycles. The number of aryl methyl sites for hydroxylation is 1. The predicted octanol–water partition coefficient (Wildman–Crippen LogP) is 2.66. The number of aliphatic hydroxyl groups excluding tert-OH is 1. The van der Waals surface area contributed by atoms with E-state index in [0.717, 1.165) is 21.8 Å². The van der Waals surface area contributed by atoms with Gasteiger partial charge in [-0.05, 0) is 36.6 Å². The first-order chi connectivity index (χ1) is 18.2. The summed E-state index contributed by atoms with van der Waals surface area (Å²) >= 11 is 1.52. The van der Waals surface area contributed by atoms with E-state index in [9.17, 15) is 19.5 Å². The Hall–Kier alpha value is -3.64. The maximum absolute atomic E-state index is 13.6. The van der Waals surface area contributed by atoms with Crippen LogP contribution in [0.3, 0.4) is 0 Å². The number of nitrogens with one attached hydrogen (secondary N) is 1. The number of aliphatic hydroxyl groups is 1. The van der Waals surface area contributed by atoms with Crippen molar-refractivity contribution in [2.45, 2.75) is 58.2 Å². The summed E-state index contributed by atoms with van der Waals surface area (Å²) in [5.74, 6) is -1.29. The number of nitrogens with zero attached hydrogens (tertiary/aromatic N) is 4. The Balaban J connectivity index is 1.46. The summed E-state index contributed by atoms with van der Waals surface area (Å²) in [5.41, 5.74) is 4.31. The Labute approximate surface area is 224 Å². The normalized spacial score (nSPS) is 18.8. The molecule has 1 aliphatic rings. The van der Waals surface area contributed by atoms with Gasteiger partial charge < -0.3 is 24.6 Å². The van der Waals surface area contributed by atoms with Gasteiger partial charge in [-0.2, -0.15) is 0 Å². The van der Waals surface area contributed by atoms with Crippen LogP contribution in [0.15, 0.2) is 34.4 Å². The number of carbonyl (C=O) groups excluding carboxylic acids is 3. The lowest BCUT2D eigenvalue weighted by molar-refractivity contribution is -0.141. The van der Waals surface area contributed by atoms with Crippen molar-refractivity contribution in [1.29, 1.82) is 0 Å². The van der Waals surface area contributed by atoms with E-state index in [-0.39, 0.29) is 55.0 Å². The van der Waals surface area contributed by atoms with Crippen molar-refractivity contribution in [2.75, 3.05) is 13.2 Å². The zero-order valence-electron chi connectivity index (χ0n) is 21.7. The first-order valence-corrected chi connectivity index (χ1v) is 13.3. The molecule has 4 heterocycles. The lowest BCUT2D eigenvalue weighted by Crippen LogP contribution is -2.48. The molecule has 0 aliphatic carbocycles. The Kier molecular flexibility index (Phi) is 8.52. The third kappa shape index (κ3) is 5.91. The van der Waals surface area contributed by atoms with Crippen molar-refractivity contribution < 1.29 is 28.8 Å². The van der Waals surface area contributed by atoms with Crippen molar-refractivity contribution >= 4 is 29.4 Å². The summed E-state index contributed by atoms with van der Waals surface area (Å²) in [5, 5.41) is 17.1. The van der Waals surface area contributed by atoms with Gasteiger partial charge in [0.05, 0.1) is 33.9 Å². The van der Waals surface area contributed by atoms with Crippen molar-refractivity contribution in [1.82, 2.24) is 25.3 Å². The van der Waals surface area contributed by atoms with E-state index in [1.54, 1.807) is 11.7 Å². The first kappa shape index (κ1) is 27.4. The smallest absolute Gasteiger partial charge is 0.254 e. The van der Waals surface area contributed by atoms with Gasteiger partial charge in [-0.25, -0.2) is 4.98 Å². The molecule has 4 atom stereocenters. The van der Waals surface area contributed by atoms with Gasteiger partial charge in [-0.3, -0.25) is 19.4 Å². The number of hydrogen-bond acceptors (Lipinski definition) is 10. The Bertz CT molecular complexity index is 1270. The van der Waals surface area contributed by atoms with Gasteiger partial charge in [0, 0.05) is 25.2 Å². The minimum absolute atomic E-state index is 0.0294. The highest BCUT2D eigenvalue weighted by Gasteiger charge is 2.43. The maximum Gasteiger partial charge on any atom is 0.254 e. The quantitative estimate of drug-likeness (QED) is 0.370. The maximum atomic E-state index is 13.6. The molecule has 2 amide bonds. The van der Waals surface area contributed by atoms with Crippen LogP contribution >= 0.6 is 11.3 Å². The van der Waals surface area contributed by atoms with Crippen LogP contribution < -0.4 is 10.1 Å². The number of aromatic nitrogens is 3. The number of carbonyl (C=O) groups is 3. The summed E-state index contributed by atoms with van der Waals surface area (Å²) in [6, 6.07) is 4.06. The fourth-order valence-corrected chi connectivity index (χ4v) is 5.34. The molecule has 202 valence electrons. The van der Waals surface area contributed by atoms with Gasteiger partial charge in [0.25, 0.3) is 5.88 Å². The highest BCUT2D eigenvalue weighted by atomic mass is 32.1. The van der Waals surface area contributed by atoms with E-state index in [1.165, 1.54) is 22.3 Å². The second kappa shape index (κ2) is 11.8. The van der Waals surface area contributed by atoms with Gasteiger partial charge in [0.15, 0.2) is 12.0 Å². The number of thiazole rings is 1. The van der Waals surface area contributed by atoms with E-state index < -0.39 is 18.1 Å². The molecule has 38 heavy (non-hydrogen) atoms. The van der Waals surface area contributed by atoms with Crippen molar-refractivity contribution in [2.24, 2.45) is 5.92 Å². The van der Waals surface area contributed by atoms with E-state index >= 15 is 0 Å². The number of pyridine rings is 1. The predicted molar refractivity (Wildman–Crippen MR) is 138 cm³/mol. The number of amides is 2. The second-order valence-electron chi connectivity index (χ2n) is 9.64. The van der Waals surface area contributed by atoms with Crippen molar-refractivity contribution in [3.8, 4) is 16.5 Å². The summed E-state index contributed by atoms with van der Waals surface area (Å²) < 4.78 is 10.5. The van der Waals surface area contributed by atoms with Crippen LogP contribution in [0.4, 0.5) is 0 Å². The van der Waals surface area contributed by atoms with Crippen LogP contribution in [-0.4, -0.2) is 68.5 Å². The molecule has 1 fully saturated rings. The molecule has 0 spiro atoms. The van der Waals surface area contributed by atoms with Gasteiger partial charge in [0.1, 0.15) is 18.6 Å². The Morgan fingerprint density at radius 3 is 2.74 bits per heavy atom. The molecule has 4 rings (SSSR count). The van der Waals surface area contributed by atoms with Crippen LogP contribution in [0.25, 0.3) is 10.6 Å². The average Bonchev–Trinajstić information content (AvgIpc) is 3.62. The molecule has 3 aromatic rings. The SMILES string of the molecule is Cc1ncsc1-c1ccc([C@H](C)NC(=O)[C@@H]2C[C@@H](O)CN2C(=O)[C@@H](c2cc(OCC=O)no2)C(C)C)cn1. The zero-order valence-corrected chi connectivity index (χ0v) is 22.5. The van der Waals surface area contributed by atoms with Gasteiger partial charge >= 0.3 is 0 Å². The molecule has 11 nitrogen and oxygen atoms in total. The monoisotopic (exact) mass is 541 g/mol. The molecule has 2 N–H and O–H groups in total. The first-order valence-electron chi connectivity index (χ1n) is 12.4. The highest BCUT2D eigenvalue weighted by Crippen LogP contribution is 2.32. The number of ether oxygens (including phenoxy) is 1. The Morgan fingerprint density at radius 2 is 2.11 bits per heavy atom. The average molecular weight is 542 g/mol. The molecular formula is C26H31N5O6S. The largest absolute Gasteiger partial charge is 0.468 e. The Morgan fingerprint density at radius 1 is 1.32 bits per heavy atom. The van der Waals surface area contributed by atoms with E-state index in [1.807, 2.05) is 39.8 Å². The number of hydrogen-bond donors (Lipinski definition) is 2. The van der Waals surface area contributed by atoms with Crippen LogP contribution in [0.2, 0.25) is 0 Å². The number of likely N-dealkylation sites (tertiary alicyclic amines) is 1. The fourth-order valence-electron chi connectivity index (χ4n) is 4.56. The minimum atomic E-state index is -0.845. The van der Waals surface area contributed by atoms with E-state index in [4.69, 9.17) is 9.26 Å². The molecule has 3 aromatic heterocycles. The molecule has 1 saturated heterocycles. The number of rotatable bonds is 10. The topological polar surface area (TPSA) is 148 Å². The van der Waals surface area contributed by atoms with Crippen LogP contribution in [0, 0.1) is 12.8 Å². The molecule has 0 saturated carbocycles. The molecule has 12 heteroatoms. The summed E-state index contributed by atoms with van der Waals surface area (Å²) in [6.07, 6.45) is 1.60. The lowest BCUT2D eigenvalue weighted by Gasteiger charge is -2.29. The summed E-state index contributed by atoms with van der Waals surface area (Å²) in [6.45, 7) is 7.32. The number of β-amino-alcohol motifs (C(OH)–C–C–N with tert-alkyl or cyclic N) is 1. The highest BCUT2D eigenvalue weighted by molar-refractivity contribution is 7.13. The third-order valence-electron chi connectivity index (χ3n) is 6.53.